The summed E-state index contributed by atoms with van der Waals surface area (Å²) < 4.78 is 26.3. The fourth-order valence-electron chi connectivity index (χ4n) is 0.876. The molecule has 0 atom stereocenters. The first-order chi connectivity index (χ1) is 5.68. The Kier molecular flexibility index (Phi) is 1.47. The molecule has 0 radical (unpaired) electrons. The standard InChI is InChI=1S/C6H2ClF2N3/c7-4-1-3(8)6-10-2-5(9)12(6)11-4/h1-2H. The van der Waals surface area contributed by atoms with Gasteiger partial charge >= 0.3 is 0 Å². The van der Waals surface area contributed by atoms with E-state index in [2.05, 4.69) is 10.1 Å². The molecule has 2 rings (SSSR count). The third kappa shape index (κ3) is 0.937. The van der Waals surface area contributed by atoms with Gasteiger partial charge in [-0.2, -0.15) is 14.0 Å². The van der Waals surface area contributed by atoms with Crippen LogP contribution in [0.25, 0.3) is 5.65 Å². The Morgan fingerprint density at radius 2 is 2.17 bits per heavy atom. The van der Waals surface area contributed by atoms with Gasteiger partial charge in [0, 0.05) is 6.07 Å². The Labute approximate surface area is 70.6 Å². The van der Waals surface area contributed by atoms with Gasteiger partial charge in [-0.15, -0.1) is 0 Å². The minimum Gasteiger partial charge on any atom is -0.230 e. The molecule has 0 N–H and O–H groups in total. The van der Waals surface area contributed by atoms with E-state index in [-0.39, 0.29) is 10.8 Å². The number of halogens is 3. The maximum atomic E-state index is 12.9. The normalized spacial score (nSPS) is 10.9. The van der Waals surface area contributed by atoms with Crippen LogP contribution in [0.2, 0.25) is 5.15 Å². The number of hydrogen-bond donors (Lipinski definition) is 0. The number of imidazole rings is 1. The highest BCUT2D eigenvalue weighted by Gasteiger charge is 2.09. The summed E-state index contributed by atoms with van der Waals surface area (Å²) in [6, 6.07) is 0.976. The van der Waals surface area contributed by atoms with Crippen LogP contribution < -0.4 is 0 Å². The van der Waals surface area contributed by atoms with Crippen LogP contribution in [0.15, 0.2) is 12.3 Å². The third-order valence-electron chi connectivity index (χ3n) is 1.35. The summed E-state index contributed by atoms with van der Waals surface area (Å²) in [7, 11) is 0. The van der Waals surface area contributed by atoms with Gasteiger partial charge in [-0.25, -0.2) is 9.37 Å². The van der Waals surface area contributed by atoms with Crippen LogP contribution in [0.5, 0.6) is 0 Å². The number of hydrogen-bond acceptors (Lipinski definition) is 2. The maximum Gasteiger partial charge on any atom is 0.234 e. The van der Waals surface area contributed by atoms with Crippen molar-refractivity contribution in [3.63, 3.8) is 0 Å². The molecular formula is C6H2ClF2N3. The molecule has 2 aromatic rings. The minimum absolute atomic E-state index is 0.114. The quantitative estimate of drug-likeness (QED) is 0.631. The Hall–Kier alpha value is -1.23. The zero-order valence-electron chi connectivity index (χ0n) is 5.63. The molecule has 3 nitrogen and oxygen atoms in total. The molecule has 0 aliphatic carbocycles. The molecule has 0 fully saturated rings. The molecule has 0 amide bonds. The van der Waals surface area contributed by atoms with E-state index in [0.29, 0.717) is 4.52 Å². The van der Waals surface area contributed by atoms with E-state index in [0.717, 1.165) is 12.3 Å². The summed E-state index contributed by atoms with van der Waals surface area (Å²) in [6.45, 7) is 0. The van der Waals surface area contributed by atoms with Crippen molar-refractivity contribution in [1.29, 1.82) is 0 Å². The molecule has 6 heteroatoms. The maximum absolute atomic E-state index is 12.9. The first kappa shape index (κ1) is 7.42. The predicted octanol–water partition coefficient (Wildman–Crippen LogP) is 1.66. The summed E-state index contributed by atoms with van der Waals surface area (Å²) in [4.78, 5) is 3.45. The SMILES string of the molecule is Fc1cc(Cl)nn2c(F)cnc12. The fourth-order valence-corrected chi connectivity index (χ4v) is 1.05. The lowest BCUT2D eigenvalue weighted by Gasteiger charge is -1.94. The topological polar surface area (TPSA) is 30.2 Å². The first-order valence-electron chi connectivity index (χ1n) is 3.04. The highest BCUT2D eigenvalue weighted by Crippen LogP contribution is 2.12. The second-order valence-corrected chi connectivity index (χ2v) is 2.52. The molecule has 0 saturated carbocycles. The highest BCUT2D eigenvalue weighted by atomic mass is 35.5. The Morgan fingerprint density at radius 3 is 2.92 bits per heavy atom. The van der Waals surface area contributed by atoms with Crippen molar-refractivity contribution in [1.82, 2.24) is 14.6 Å². The largest absolute Gasteiger partial charge is 0.234 e. The summed E-state index contributed by atoms with van der Waals surface area (Å²) in [5.74, 6) is -1.44. The van der Waals surface area contributed by atoms with Crippen molar-refractivity contribution in [3.05, 3.63) is 29.2 Å². The zero-order chi connectivity index (χ0) is 8.72. The second-order valence-electron chi connectivity index (χ2n) is 2.13. The van der Waals surface area contributed by atoms with Crippen LogP contribution in [0.3, 0.4) is 0 Å². The van der Waals surface area contributed by atoms with E-state index in [1.54, 1.807) is 0 Å². The van der Waals surface area contributed by atoms with Crippen LogP contribution in [-0.4, -0.2) is 14.6 Å². The summed E-state index contributed by atoms with van der Waals surface area (Å²) in [5, 5.41) is 3.39. The van der Waals surface area contributed by atoms with Gasteiger partial charge in [0.2, 0.25) is 5.95 Å². The molecule has 0 saturated heterocycles. The smallest absolute Gasteiger partial charge is 0.230 e. The molecule has 62 valence electrons. The summed E-state index contributed by atoms with van der Waals surface area (Å²) in [5.41, 5.74) is -0.170. The van der Waals surface area contributed by atoms with E-state index >= 15 is 0 Å². The average Bonchev–Trinajstić information content (AvgIpc) is 2.33. The van der Waals surface area contributed by atoms with Gasteiger partial charge in [-0.3, -0.25) is 0 Å². The van der Waals surface area contributed by atoms with E-state index in [1.165, 1.54) is 0 Å². The molecule has 0 bridgehead atoms. The van der Waals surface area contributed by atoms with Crippen LogP contribution in [0.4, 0.5) is 8.78 Å². The van der Waals surface area contributed by atoms with Crippen molar-refractivity contribution in [2.24, 2.45) is 0 Å². The molecule has 0 spiro atoms. The molecule has 0 unspecified atom stereocenters. The summed E-state index contributed by atoms with van der Waals surface area (Å²) >= 11 is 5.39. The van der Waals surface area contributed by atoms with Crippen molar-refractivity contribution in [2.75, 3.05) is 0 Å². The lowest BCUT2D eigenvalue weighted by atomic mass is 10.5. The molecular weight excluding hydrogens is 188 g/mol. The van der Waals surface area contributed by atoms with Crippen molar-refractivity contribution >= 4 is 17.2 Å². The molecule has 0 aliphatic rings. The van der Waals surface area contributed by atoms with Crippen molar-refractivity contribution < 1.29 is 8.78 Å². The molecule has 12 heavy (non-hydrogen) atoms. The van der Waals surface area contributed by atoms with Gasteiger partial charge in [0.1, 0.15) is 0 Å². The van der Waals surface area contributed by atoms with E-state index in [1.807, 2.05) is 0 Å². The summed E-state index contributed by atoms with van der Waals surface area (Å²) in [6.07, 6.45) is 0.877. The Bertz CT molecular complexity index is 440. The number of aromatic nitrogens is 3. The van der Waals surface area contributed by atoms with Crippen molar-refractivity contribution in [2.45, 2.75) is 0 Å². The highest BCUT2D eigenvalue weighted by molar-refractivity contribution is 6.29. The van der Waals surface area contributed by atoms with Gasteiger partial charge < -0.3 is 0 Å². The van der Waals surface area contributed by atoms with Gasteiger partial charge in [0.15, 0.2) is 16.6 Å². The van der Waals surface area contributed by atoms with Gasteiger partial charge in [0.05, 0.1) is 6.20 Å². The number of rotatable bonds is 0. The molecule has 2 aromatic heterocycles. The number of nitrogens with zero attached hydrogens (tertiary/aromatic N) is 3. The average molecular weight is 190 g/mol. The van der Waals surface area contributed by atoms with Crippen molar-refractivity contribution in [3.8, 4) is 0 Å². The van der Waals surface area contributed by atoms with Crippen LogP contribution in [0.1, 0.15) is 0 Å². The predicted molar refractivity (Wildman–Crippen MR) is 37.9 cm³/mol. The van der Waals surface area contributed by atoms with Crippen LogP contribution in [-0.2, 0) is 0 Å². The lowest BCUT2D eigenvalue weighted by molar-refractivity contribution is 0.540. The molecule has 0 aromatic carbocycles. The van der Waals surface area contributed by atoms with Crippen LogP contribution >= 0.6 is 11.6 Å². The lowest BCUT2D eigenvalue weighted by Crippen LogP contribution is -1.97. The van der Waals surface area contributed by atoms with E-state index in [4.69, 9.17) is 11.6 Å². The van der Waals surface area contributed by atoms with Gasteiger partial charge in [0.25, 0.3) is 0 Å². The Balaban J connectivity index is 2.92. The Morgan fingerprint density at radius 1 is 1.42 bits per heavy atom. The molecule has 0 aliphatic heterocycles. The van der Waals surface area contributed by atoms with E-state index in [9.17, 15) is 8.78 Å². The fraction of sp³-hybridized carbons (Fsp3) is 0. The number of fused-ring (bicyclic) bond motifs is 1. The van der Waals surface area contributed by atoms with Crippen LogP contribution in [0, 0.1) is 11.8 Å². The van der Waals surface area contributed by atoms with E-state index < -0.39 is 11.8 Å². The monoisotopic (exact) mass is 189 g/mol. The molecule has 2 heterocycles. The third-order valence-corrected chi connectivity index (χ3v) is 1.54. The minimum atomic E-state index is -0.744. The zero-order valence-corrected chi connectivity index (χ0v) is 6.39. The second kappa shape index (κ2) is 2.38. The van der Waals surface area contributed by atoms with Gasteiger partial charge in [-0.05, 0) is 0 Å². The first-order valence-corrected chi connectivity index (χ1v) is 3.41. The van der Waals surface area contributed by atoms with Gasteiger partial charge in [-0.1, -0.05) is 11.6 Å².